The standard InChI is InChI=1S/C18H13Cl2N3/c1-23-18-16(10-21-23)22-15-6-5-12(9-14(15)17(18)20)7-11-3-2-4-13(19)8-11/h2-6,8-10H,7H2,1H3. The molecule has 0 atom stereocenters. The van der Waals surface area contributed by atoms with E-state index < -0.39 is 0 Å². The quantitative estimate of drug-likeness (QED) is 0.512. The average molecular weight is 342 g/mol. The summed E-state index contributed by atoms with van der Waals surface area (Å²) >= 11 is 12.7. The zero-order chi connectivity index (χ0) is 16.0. The van der Waals surface area contributed by atoms with Crippen LogP contribution in [-0.2, 0) is 13.5 Å². The molecular weight excluding hydrogens is 329 g/mol. The van der Waals surface area contributed by atoms with Crippen LogP contribution in [0.4, 0.5) is 0 Å². The molecule has 2 aromatic heterocycles. The fourth-order valence-electron chi connectivity index (χ4n) is 2.87. The molecule has 23 heavy (non-hydrogen) atoms. The van der Waals surface area contributed by atoms with E-state index in [0.29, 0.717) is 5.02 Å². The van der Waals surface area contributed by atoms with Gasteiger partial charge in [0.1, 0.15) is 11.0 Å². The van der Waals surface area contributed by atoms with Gasteiger partial charge in [0.05, 0.1) is 16.7 Å². The van der Waals surface area contributed by atoms with Gasteiger partial charge < -0.3 is 0 Å². The molecule has 4 aromatic rings. The molecule has 114 valence electrons. The number of rotatable bonds is 2. The van der Waals surface area contributed by atoms with E-state index in [0.717, 1.165) is 33.4 Å². The van der Waals surface area contributed by atoms with Gasteiger partial charge in [0.2, 0.25) is 0 Å². The Balaban J connectivity index is 1.85. The minimum absolute atomic E-state index is 0.693. The Kier molecular flexibility index (Phi) is 3.47. The van der Waals surface area contributed by atoms with Crippen molar-refractivity contribution in [1.29, 1.82) is 0 Å². The zero-order valence-electron chi connectivity index (χ0n) is 12.4. The summed E-state index contributed by atoms with van der Waals surface area (Å²) in [7, 11) is 1.87. The van der Waals surface area contributed by atoms with E-state index in [-0.39, 0.29) is 0 Å². The fraction of sp³-hybridized carbons (Fsp3) is 0.111. The van der Waals surface area contributed by atoms with Crippen molar-refractivity contribution in [2.45, 2.75) is 6.42 Å². The molecule has 0 spiro atoms. The number of aryl methyl sites for hydroxylation is 1. The molecule has 0 radical (unpaired) electrons. The number of aromatic nitrogens is 3. The molecule has 3 nitrogen and oxygen atoms in total. The lowest BCUT2D eigenvalue weighted by Gasteiger charge is -2.07. The molecule has 0 aliphatic heterocycles. The van der Waals surface area contributed by atoms with Gasteiger partial charge in [-0.1, -0.05) is 41.4 Å². The second-order valence-corrected chi connectivity index (χ2v) is 6.40. The van der Waals surface area contributed by atoms with Crippen molar-refractivity contribution in [3.8, 4) is 0 Å². The highest BCUT2D eigenvalue weighted by atomic mass is 35.5. The first kappa shape index (κ1) is 14.5. The van der Waals surface area contributed by atoms with E-state index in [9.17, 15) is 0 Å². The van der Waals surface area contributed by atoms with Crippen LogP contribution in [0.2, 0.25) is 10.0 Å². The second kappa shape index (κ2) is 5.52. The number of fused-ring (bicyclic) bond motifs is 2. The van der Waals surface area contributed by atoms with Crippen LogP contribution in [0.1, 0.15) is 11.1 Å². The first-order valence-corrected chi connectivity index (χ1v) is 8.02. The van der Waals surface area contributed by atoms with Gasteiger partial charge in [-0.15, -0.1) is 0 Å². The maximum atomic E-state index is 6.60. The Morgan fingerprint density at radius 1 is 1.00 bits per heavy atom. The third-order valence-electron chi connectivity index (χ3n) is 3.96. The maximum Gasteiger partial charge on any atom is 0.111 e. The maximum absolute atomic E-state index is 6.60. The van der Waals surface area contributed by atoms with Gasteiger partial charge in [-0.05, 0) is 41.8 Å². The predicted molar refractivity (Wildman–Crippen MR) is 95.3 cm³/mol. The largest absolute Gasteiger partial charge is 0.265 e. The Morgan fingerprint density at radius 3 is 2.65 bits per heavy atom. The Hall–Kier alpha value is -2.10. The van der Waals surface area contributed by atoms with Crippen LogP contribution in [0.15, 0.2) is 48.7 Å². The second-order valence-electron chi connectivity index (χ2n) is 5.59. The summed E-state index contributed by atoms with van der Waals surface area (Å²) in [6.45, 7) is 0. The minimum Gasteiger partial charge on any atom is -0.265 e. The van der Waals surface area contributed by atoms with Crippen LogP contribution in [0.5, 0.6) is 0 Å². The lowest BCUT2D eigenvalue weighted by atomic mass is 10.0. The van der Waals surface area contributed by atoms with Crippen molar-refractivity contribution in [1.82, 2.24) is 14.8 Å². The Bertz CT molecular complexity index is 1040. The molecule has 2 heterocycles. The highest BCUT2D eigenvalue weighted by Crippen LogP contribution is 2.31. The van der Waals surface area contributed by atoms with E-state index in [1.807, 2.05) is 31.3 Å². The lowest BCUT2D eigenvalue weighted by molar-refractivity contribution is 0.797. The summed E-state index contributed by atoms with van der Waals surface area (Å²) in [5, 5.41) is 6.62. The number of halogens is 2. The summed E-state index contributed by atoms with van der Waals surface area (Å²) in [5.41, 5.74) is 4.89. The van der Waals surface area contributed by atoms with E-state index in [2.05, 4.69) is 28.3 Å². The van der Waals surface area contributed by atoms with Crippen LogP contribution in [0.25, 0.3) is 21.9 Å². The number of hydrogen-bond acceptors (Lipinski definition) is 2. The third-order valence-corrected chi connectivity index (χ3v) is 4.58. The van der Waals surface area contributed by atoms with Gasteiger partial charge in [-0.2, -0.15) is 5.10 Å². The summed E-state index contributed by atoms with van der Waals surface area (Å²) < 4.78 is 1.76. The van der Waals surface area contributed by atoms with Crippen LogP contribution < -0.4 is 0 Å². The summed E-state index contributed by atoms with van der Waals surface area (Å²) in [6.07, 6.45) is 2.54. The lowest BCUT2D eigenvalue weighted by Crippen LogP contribution is -1.93. The van der Waals surface area contributed by atoms with Crippen LogP contribution >= 0.6 is 23.2 Å². The van der Waals surface area contributed by atoms with Crippen molar-refractivity contribution < 1.29 is 0 Å². The van der Waals surface area contributed by atoms with E-state index >= 15 is 0 Å². The fourth-order valence-corrected chi connectivity index (χ4v) is 3.45. The van der Waals surface area contributed by atoms with Crippen molar-refractivity contribution >= 4 is 45.1 Å². The first-order valence-electron chi connectivity index (χ1n) is 7.26. The molecule has 0 amide bonds. The molecule has 0 aliphatic rings. The van der Waals surface area contributed by atoms with E-state index in [4.69, 9.17) is 23.2 Å². The van der Waals surface area contributed by atoms with Crippen molar-refractivity contribution in [3.63, 3.8) is 0 Å². The highest BCUT2D eigenvalue weighted by molar-refractivity contribution is 6.39. The summed E-state index contributed by atoms with van der Waals surface area (Å²) in [6, 6.07) is 14.1. The van der Waals surface area contributed by atoms with Gasteiger partial charge in [-0.25, -0.2) is 4.98 Å². The number of benzene rings is 2. The van der Waals surface area contributed by atoms with Crippen molar-refractivity contribution in [3.05, 3.63) is 69.8 Å². The average Bonchev–Trinajstić information content (AvgIpc) is 2.89. The summed E-state index contributed by atoms with van der Waals surface area (Å²) in [5.74, 6) is 0. The Morgan fingerprint density at radius 2 is 1.83 bits per heavy atom. The smallest absolute Gasteiger partial charge is 0.111 e. The molecule has 0 unspecified atom stereocenters. The van der Waals surface area contributed by atoms with Crippen LogP contribution in [0, 0.1) is 0 Å². The van der Waals surface area contributed by atoms with Crippen molar-refractivity contribution in [2.24, 2.45) is 7.05 Å². The van der Waals surface area contributed by atoms with Gasteiger partial charge in [-0.3, -0.25) is 4.68 Å². The van der Waals surface area contributed by atoms with E-state index in [1.54, 1.807) is 10.9 Å². The molecule has 0 N–H and O–H groups in total. The monoisotopic (exact) mass is 341 g/mol. The molecule has 0 bridgehead atoms. The Labute approximate surface area is 143 Å². The predicted octanol–water partition coefficient (Wildman–Crippen LogP) is 5.02. The van der Waals surface area contributed by atoms with Crippen molar-refractivity contribution in [2.75, 3.05) is 0 Å². The van der Waals surface area contributed by atoms with Crippen LogP contribution in [0.3, 0.4) is 0 Å². The normalized spacial score (nSPS) is 11.4. The van der Waals surface area contributed by atoms with Gasteiger partial charge in [0.15, 0.2) is 0 Å². The molecule has 0 fully saturated rings. The third kappa shape index (κ3) is 2.56. The van der Waals surface area contributed by atoms with Gasteiger partial charge >= 0.3 is 0 Å². The van der Waals surface area contributed by atoms with Gasteiger partial charge in [0, 0.05) is 17.5 Å². The highest BCUT2D eigenvalue weighted by Gasteiger charge is 2.11. The van der Waals surface area contributed by atoms with Gasteiger partial charge in [0.25, 0.3) is 0 Å². The van der Waals surface area contributed by atoms with E-state index in [1.165, 1.54) is 11.1 Å². The number of pyridine rings is 1. The zero-order valence-corrected chi connectivity index (χ0v) is 13.9. The summed E-state index contributed by atoms with van der Waals surface area (Å²) in [4.78, 5) is 4.63. The minimum atomic E-state index is 0.693. The molecule has 0 saturated heterocycles. The molecule has 2 aromatic carbocycles. The number of hydrogen-bond donors (Lipinski definition) is 0. The van der Waals surface area contributed by atoms with Crippen LogP contribution in [-0.4, -0.2) is 14.8 Å². The molecule has 4 rings (SSSR count). The SMILES string of the molecule is Cn1ncc2nc3ccc(Cc4cccc(Cl)c4)cc3c(Cl)c21. The molecule has 0 aliphatic carbocycles. The topological polar surface area (TPSA) is 30.7 Å². The first-order chi connectivity index (χ1) is 11.1. The molecular formula is C18H13Cl2N3. The number of nitrogens with zero attached hydrogens (tertiary/aromatic N) is 3. The molecule has 0 saturated carbocycles. The molecule has 5 heteroatoms.